The largest absolute Gasteiger partial charge is 0.497 e. The minimum atomic E-state index is 0.231. The second-order valence-electron chi connectivity index (χ2n) is 3.46. The lowest BCUT2D eigenvalue weighted by atomic mass is 10.2. The molecule has 0 spiro atoms. The molecule has 0 atom stereocenters. The Morgan fingerprint density at radius 2 is 2.31 bits per heavy atom. The fraction of sp³-hybridized carbons (Fsp3) is 0.364. The SMILES string of the molecule is COc1cccc(N(C)CCC(N)=NO)c1. The number of amidine groups is 1. The molecule has 0 aliphatic heterocycles. The summed E-state index contributed by atoms with van der Waals surface area (Å²) in [6.07, 6.45) is 0.518. The molecule has 1 rings (SSSR count). The van der Waals surface area contributed by atoms with Crippen LogP contribution >= 0.6 is 0 Å². The fourth-order valence-electron chi connectivity index (χ4n) is 1.31. The second-order valence-corrected chi connectivity index (χ2v) is 3.46. The highest BCUT2D eigenvalue weighted by molar-refractivity contribution is 5.80. The lowest BCUT2D eigenvalue weighted by Gasteiger charge is -2.19. The van der Waals surface area contributed by atoms with Crippen LogP contribution in [0.3, 0.4) is 0 Å². The number of hydrogen-bond acceptors (Lipinski definition) is 4. The van der Waals surface area contributed by atoms with Gasteiger partial charge in [-0.3, -0.25) is 0 Å². The predicted octanol–water partition coefficient (Wildman–Crippen LogP) is 1.27. The lowest BCUT2D eigenvalue weighted by Crippen LogP contribution is -2.24. The number of ether oxygens (including phenoxy) is 1. The first-order chi connectivity index (χ1) is 7.67. The van der Waals surface area contributed by atoms with Gasteiger partial charge in [0, 0.05) is 31.8 Å². The molecule has 0 saturated carbocycles. The third kappa shape index (κ3) is 3.34. The zero-order valence-electron chi connectivity index (χ0n) is 9.55. The number of nitrogens with two attached hydrogens (primary N) is 1. The van der Waals surface area contributed by atoms with Crippen molar-refractivity contribution in [3.63, 3.8) is 0 Å². The number of rotatable bonds is 5. The molecule has 88 valence electrons. The van der Waals surface area contributed by atoms with E-state index in [2.05, 4.69) is 5.16 Å². The molecule has 1 aromatic rings. The van der Waals surface area contributed by atoms with Gasteiger partial charge in [-0.05, 0) is 12.1 Å². The topological polar surface area (TPSA) is 71.1 Å². The van der Waals surface area contributed by atoms with Crippen molar-refractivity contribution in [2.75, 3.05) is 25.6 Å². The van der Waals surface area contributed by atoms with Gasteiger partial charge in [0.05, 0.1) is 7.11 Å². The summed E-state index contributed by atoms with van der Waals surface area (Å²) in [5.41, 5.74) is 6.44. The Bertz CT molecular complexity index is 366. The van der Waals surface area contributed by atoms with Crippen LogP contribution in [0.2, 0.25) is 0 Å². The number of benzene rings is 1. The Kier molecular flexibility index (Phi) is 4.44. The van der Waals surface area contributed by atoms with E-state index in [0.29, 0.717) is 13.0 Å². The molecule has 16 heavy (non-hydrogen) atoms. The Morgan fingerprint density at radius 1 is 1.56 bits per heavy atom. The van der Waals surface area contributed by atoms with Crippen LogP contribution in [0.4, 0.5) is 5.69 Å². The maximum atomic E-state index is 8.42. The third-order valence-electron chi connectivity index (χ3n) is 2.33. The molecule has 0 unspecified atom stereocenters. The van der Waals surface area contributed by atoms with E-state index in [1.165, 1.54) is 0 Å². The summed E-state index contributed by atoms with van der Waals surface area (Å²) in [7, 11) is 3.58. The van der Waals surface area contributed by atoms with Crippen LogP contribution in [0.5, 0.6) is 5.75 Å². The quantitative estimate of drug-likeness (QED) is 0.341. The van der Waals surface area contributed by atoms with Gasteiger partial charge in [-0.1, -0.05) is 11.2 Å². The zero-order valence-corrected chi connectivity index (χ0v) is 9.55. The fourth-order valence-corrected chi connectivity index (χ4v) is 1.31. The van der Waals surface area contributed by atoms with Gasteiger partial charge in [0.15, 0.2) is 0 Å². The Labute approximate surface area is 95.1 Å². The highest BCUT2D eigenvalue weighted by atomic mass is 16.5. The summed E-state index contributed by atoms with van der Waals surface area (Å²) >= 11 is 0. The summed E-state index contributed by atoms with van der Waals surface area (Å²) in [5, 5.41) is 11.4. The molecule has 1 aromatic carbocycles. The molecule has 0 saturated heterocycles. The van der Waals surface area contributed by atoms with E-state index >= 15 is 0 Å². The van der Waals surface area contributed by atoms with Gasteiger partial charge in [0.25, 0.3) is 0 Å². The summed E-state index contributed by atoms with van der Waals surface area (Å²) < 4.78 is 5.14. The van der Waals surface area contributed by atoms with Crippen LogP contribution in [0, 0.1) is 0 Å². The van der Waals surface area contributed by atoms with Gasteiger partial charge in [-0.15, -0.1) is 0 Å². The summed E-state index contributed by atoms with van der Waals surface area (Å²) in [5.74, 6) is 1.04. The maximum Gasteiger partial charge on any atom is 0.140 e. The number of anilines is 1. The number of methoxy groups -OCH3 is 1. The molecule has 0 aliphatic carbocycles. The van der Waals surface area contributed by atoms with Gasteiger partial charge in [-0.25, -0.2) is 0 Å². The third-order valence-corrected chi connectivity index (χ3v) is 2.33. The first kappa shape index (κ1) is 12.2. The highest BCUT2D eigenvalue weighted by Gasteiger charge is 2.03. The summed E-state index contributed by atoms with van der Waals surface area (Å²) in [6, 6.07) is 7.73. The van der Waals surface area contributed by atoms with Crippen molar-refractivity contribution in [2.45, 2.75) is 6.42 Å². The van der Waals surface area contributed by atoms with E-state index < -0.39 is 0 Å². The van der Waals surface area contributed by atoms with E-state index in [9.17, 15) is 0 Å². The van der Waals surface area contributed by atoms with Crippen molar-refractivity contribution in [3.05, 3.63) is 24.3 Å². The van der Waals surface area contributed by atoms with Crippen molar-refractivity contribution < 1.29 is 9.94 Å². The molecule has 0 aliphatic rings. The highest BCUT2D eigenvalue weighted by Crippen LogP contribution is 2.19. The summed E-state index contributed by atoms with van der Waals surface area (Å²) in [6.45, 7) is 0.684. The first-order valence-electron chi connectivity index (χ1n) is 4.99. The first-order valence-corrected chi connectivity index (χ1v) is 4.99. The molecule has 0 aromatic heterocycles. The molecule has 5 heteroatoms. The molecule has 0 amide bonds. The van der Waals surface area contributed by atoms with E-state index in [1.807, 2.05) is 36.2 Å². The molecule has 0 heterocycles. The van der Waals surface area contributed by atoms with Crippen LogP contribution in [-0.4, -0.2) is 31.7 Å². The van der Waals surface area contributed by atoms with Crippen molar-refractivity contribution in [1.82, 2.24) is 0 Å². The Hall–Kier alpha value is -1.91. The average molecular weight is 223 g/mol. The minimum absolute atomic E-state index is 0.231. The van der Waals surface area contributed by atoms with E-state index in [4.69, 9.17) is 15.7 Å². The van der Waals surface area contributed by atoms with E-state index in [1.54, 1.807) is 7.11 Å². The van der Waals surface area contributed by atoms with Gasteiger partial charge >= 0.3 is 0 Å². The number of nitrogens with zero attached hydrogens (tertiary/aromatic N) is 2. The molecule has 5 nitrogen and oxygen atoms in total. The monoisotopic (exact) mass is 223 g/mol. The van der Waals surface area contributed by atoms with Crippen LogP contribution in [0.15, 0.2) is 29.4 Å². The van der Waals surface area contributed by atoms with E-state index in [0.717, 1.165) is 11.4 Å². The maximum absolute atomic E-state index is 8.42. The number of hydrogen-bond donors (Lipinski definition) is 2. The predicted molar refractivity (Wildman–Crippen MR) is 64.3 cm³/mol. The van der Waals surface area contributed by atoms with Gasteiger partial charge < -0.3 is 20.6 Å². The van der Waals surface area contributed by atoms with Crippen molar-refractivity contribution in [1.29, 1.82) is 0 Å². The minimum Gasteiger partial charge on any atom is -0.497 e. The smallest absolute Gasteiger partial charge is 0.140 e. The Morgan fingerprint density at radius 3 is 2.94 bits per heavy atom. The normalized spacial score (nSPS) is 11.2. The average Bonchev–Trinajstić information content (AvgIpc) is 2.35. The molecular formula is C11H17N3O2. The van der Waals surface area contributed by atoms with Gasteiger partial charge in [0.2, 0.25) is 0 Å². The van der Waals surface area contributed by atoms with Crippen LogP contribution in [0.25, 0.3) is 0 Å². The van der Waals surface area contributed by atoms with Crippen LogP contribution in [-0.2, 0) is 0 Å². The Balaban J connectivity index is 2.61. The second kappa shape index (κ2) is 5.85. The summed E-state index contributed by atoms with van der Waals surface area (Å²) in [4.78, 5) is 2.01. The molecule has 0 fully saturated rings. The van der Waals surface area contributed by atoms with E-state index in [-0.39, 0.29) is 5.84 Å². The lowest BCUT2D eigenvalue weighted by molar-refractivity contribution is 0.317. The molecule has 3 N–H and O–H groups in total. The van der Waals surface area contributed by atoms with Gasteiger partial charge in [0.1, 0.15) is 11.6 Å². The van der Waals surface area contributed by atoms with Crippen LogP contribution in [0.1, 0.15) is 6.42 Å². The number of oxime groups is 1. The van der Waals surface area contributed by atoms with Crippen molar-refractivity contribution in [3.8, 4) is 5.75 Å². The van der Waals surface area contributed by atoms with Crippen molar-refractivity contribution >= 4 is 11.5 Å². The molecular weight excluding hydrogens is 206 g/mol. The molecule has 0 radical (unpaired) electrons. The standard InChI is InChI=1S/C11H17N3O2/c1-14(7-6-11(12)13-15)9-4-3-5-10(8-9)16-2/h3-5,8,15H,6-7H2,1-2H3,(H2,12,13). The molecule has 0 bridgehead atoms. The van der Waals surface area contributed by atoms with Gasteiger partial charge in [-0.2, -0.15) is 0 Å². The zero-order chi connectivity index (χ0) is 12.0. The van der Waals surface area contributed by atoms with Crippen LogP contribution < -0.4 is 15.4 Å². The van der Waals surface area contributed by atoms with Crippen molar-refractivity contribution in [2.24, 2.45) is 10.9 Å².